The first-order chi connectivity index (χ1) is 10.4. The molecular formula is C15H19ClN2O4. The van der Waals surface area contributed by atoms with Crippen molar-refractivity contribution in [3.63, 3.8) is 0 Å². The minimum absolute atomic E-state index is 0.0394. The molecule has 0 saturated carbocycles. The maximum atomic E-state index is 12.4. The molecule has 6 nitrogen and oxygen atoms in total. The van der Waals surface area contributed by atoms with Crippen molar-refractivity contribution in [1.29, 1.82) is 0 Å². The third kappa shape index (κ3) is 3.34. The molecule has 120 valence electrons. The van der Waals surface area contributed by atoms with E-state index in [1.807, 2.05) is 0 Å². The van der Waals surface area contributed by atoms with Gasteiger partial charge in [0.05, 0.1) is 20.1 Å². The van der Waals surface area contributed by atoms with Crippen LogP contribution in [-0.4, -0.2) is 47.6 Å². The zero-order valence-corrected chi connectivity index (χ0v) is 13.1. The highest BCUT2D eigenvalue weighted by atomic mass is 35.5. The summed E-state index contributed by atoms with van der Waals surface area (Å²) >= 11 is 6.12. The fraction of sp³-hybridized carbons (Fsp3) is 0.467. The lowest BCUT2D eigenvalue weighted by atomic mass is 9.92. The average Bonchev–Trinajstić information content (AvgIpc) is 2.49. The van der Waals surface area contributed by atoms with Gasteiger partial charge in [0.25, 0.3) is 5.91 Å². The Bertz CT molecular complexity index is 593. The summed E-state index contributed by atoms with van der Waals surface area (Å²) in [7, 11) is 1.51. The Labute approximate surface area is 133 Å². The van der Waals surface area contributed by atoms with Crippen molar-refractivity contribution in [2.24, 2.45) is 5.73 Å². The van der Waals surface area contributed by atoms with Gasteiger partial charge in [0.15, 0.2) is 5.60 Å². The maximum absolute atomic E-state index is 12.4. The number of carbonyl (C=O) groups excluding carboxylic acids is 2. The van der Waals surface area contributed by atoms with E-state index in [1.165, 1.54) is 12.0 Å². The Morgan fingerprint density at radius 3 is 2.86 bits per heavy atom. The number of carbonyl (C=O) groups is 2. The van der Waals surface area contributed by atoms with Gasteiger partial charge >= 0.3 is 0 Å². The van der Waals surface area contributed by atoms with E-state index in [-0.39, 0.29) is 25.3 Å². The van der Waals surface area contributed by atoms with Gasteiger partial charge in [0.2, 0.25) is 5.91 Å². The number of ether oxygens (including phenoxy) is 1. The van der Waals surface area contributed by atoms with Crippen molar-refractivity contribution in [3.05, 3.63) is 28.8 Å². The van der Waals surface area contributed by atoms with Crippen LogP contribution in [0.1, 0.15) is 18.4 Å². The Morgan fingerprint density at radius 1 is 1.50 bits per heavy atom. The summed E-state index contributed by atoms with van der Waals surface area (Å²) in [5.41, 5.74) is 4.15. The molecule has 0 aromatic heterocycles. The number of hydrogen-bond donors (Lipinski definition) is 2. The summed E-state index contributed by atoms with van der Waals surface area (Å²) in [6.45, 7) is 0.384. The van der Waals surface area contributed by atoms with Crippen LogP contribution in [0.25, 0.3) is 0 Å². The first-order valence-corrected chi connectivity index (χ1v) is 7.36. The van der Waals surface area contributed by atoms with E-state index in [0.29, 0.717) is 29.3 Å². The summed E-state index contributed by atoms with van der Waals surface area (Å²) < 4.78 is 5.21. The van der Waals surface area contributed by atoms with Gasteiger partial charge in [0, 0.05) is 17.1 Å². The first-order valence-electron chi connectivity index (χ1n) is 6.99. The number of primary amides is 1. The SMILES string of the molecule is COc1cccc(Cl)c1CC(=O)N1CCCC(O)(C(N)=O)C1. The van der Waals surface area contributed by atoms with Gasteiger partial charge in [-0.3, -0.25) is 9.59 Å². The highest BCUT2D eigenvalue weighted by Crippen LogP contribution is 2.28. The van der Waals surface area contributed by atoms with Crippen LogP contribution in [0.15, 0.2) is 18.2 Å². The summed E-state index contributed by atoms with van der Waals surface area (Å²) in [6, 6.07) is 5.15. The summed E-state index contributed by atoms with van der Waals surface area (Å²) in [6.07, 6.45) is 0.823. The molecule has 1 aliphatic rings. The molecule has 1 aromatic carbocycles. The number of amides is 2. The molecular weight excluding hydrogens is 308 g/mol. The zero-order chi connectivity index (χ0) is 16.3. The normalized spacial score (nSPS) is 21.5. The summed E-state index contributed by atoms with van der Waals surface area (Å²) in [4.78, 5) is 25.2. The van der Waals surface area contributed by atoms with Crippen LogP contribution in [-0.2, 0) is 16.0 Å². The van der Waals surface area contributed by atoms with E-state index in [4.69, 9.17) is 22.1 Å². The fourth-order valence-corrected chi connectivity index (χ4v) is 2.85. The molecule has 3 N–H and O–H groups in total. The highest BCUT2D eigenvalue weighted by molar-refractivity contribution is 6.31. The van der Waals surface area contributed by atoms with Crippen LogP contribution < -0.4 is 10.5 Å². The number of nitrogens with two attached hydrogens (primary N) is 1. The second kappa shape index (κ2) is 6.54. The number of benzene rings is 1. The van der Waals surface area contributed by atoms with Crippen LogP contribution in [0, 0.1) is 0 Å². The third-order valence-corrected chi connectivity index (χ3v) is 4.26. The lowest BCUT2D eigenvalue weighted by Crippen LogP contribution is -2.57. The Kier molecular flexibility index (Phi) is 4.93. The highest BCUT2D eigenvalue weighted by Gasteiger charge is 2.40. The van der Waals surface area contributed by atoms with Crippen molar-refractivity contribution in [3.8, 4) is 5.75 Å². The predicted octanol–water partition coefficient (Wildman–Crippen LogP) is 0.730. The second-order valence-corrected chi connectivity index (χ2v) is 5.82. The number of piperidine rings is 1. The molecule has 2 amide bonds. The lowest BCUT2D eigenvalue weighted by molar-refractivity contribution is -0.148. The van der Waals surface area contributed by atoms with Crippen LogP contribution in [0.3, 0.4) is 0 Å². The van der Waals surface area contributed by atoms with Crippen molar-refractivity contribution in [2.75, 3.05) is 20.2 Å². The van der Waals surface area contributed by atoms with E-state index in [1.54, 1.807) is 18.2 Å². The van der Waals surface area contributed by atoms with Gasteiger partial charge in [-0.05, 0) is 25.0 Å². The molecule has 1 heterocycles. The van der Waals surface area contributed by atoms with Crippen molar-refractivity contribution in [2.45, 2.75) is 24.9 Å². The van der Waals surface area contributed by atoms with E-state index < -0.39 is 11.5 Å². The third-order valence-electron chi connectivity index (χ3n) is 3.91. The van der Waals surface area contributed by atoms with Crippen LogP contribution in [0.5, 0.6) is 5.75 Å². The van der Waals surface area contributed by atoms with Gasteiger partial charge < -0.3 is 20.5 Å². The number of halogens is 1. The van der Waals surface area contributed by atoms with Gasteiger partial charge in [-0.2, -0.15) is 0 Å². The summed E-state index contributed by atoms with van der Waals surface area (Å²) in [5, 5.41) is 10.6. The number of likely N-dealkylation sites (tertiary alicyclic amines) is 1. The van der Waals surface area contributed by atoms with E-state index in [2.05, 4.69) is 0 Å². The minimum Gasteiger partial charge on any atom is -0.496 e. The molecule has 0 bridgehead atoms. The molecule has 1 atom stereocenters. The number of β-amino-alcohol motifs (C(OH)–C–C–N with tert-alkyl or cyclic N) is 1. The van der Waals surface area contributed by atoms with Gasteiger partial charge in [-0.1, -0.05) is 17.7 Å². The van der Waals surface area contributed by atoms with Gasteiger partial charge in [0.1, 0.15) is 5.75 Å². The zero-order valence-electron chi connectivity index (χ0n) is 12.3. The lowest BCUT2D eigenvalue weighted by Gasteiger charge is -2.37. The van der Waals surface area contributed by atoms with Crippen molar-refractivity contribution >= 4 is 23.4 Å². The topological polar surface area (TPSA) is 92.9 Å². The molecule has 7 heteroatoms. The van der Waals surface area contributed by atoms with E-state index >= 15 is 0 Å². The molecule has 22 heavy (non-hydrogen) atoms. The second-order valence-electron chi connectivity index (χ2n) is 5.41. The van der Waals surface area contributed by atoms with Crippen LogP contribution in [0.2, 0.25) is 5.02 Å². The average molecular weight is 327 g/mol. The predicted molar refractivity (Wildman–Crippen MR) is 81.7 cm³/mol. The largest absolute Gasteiger partial charge is 0.496 e. The van der Waals surface area contributed by atoms with Crippen molar-refractivity contribution in [1.82, 2.24) is 4.90 Å². The molecule has 1 aromatic rings. The quantitative estimate of drug-likeness (QED) is 0.853. The van der Waals surface area contributed by atoms with Crippen LogP contribution >= 0.6 is 11.6 Å². The molecule has 1 saturated heterocycles. The molecule has 1 unspecified atom stereocenters. The van der Waals surface area contributed by atoms with Gasteiger partial charge in [-0.15, -0.1) is 0 Å². The van der Waals surface area contributed by atoms with Gasteiger partial charge in [-0.25, -0.2) is 0 Å². The smallest absolute Gasteiger partial charge is 0.251 e. The number of rotatable bonds is 4. The molecule has 2 rings (SSSR count). The molecule has 0 radical (unpaired) electrons. The molecule has 1 fully saturated rings. The van der Waals surface area contributed by atoms with E-state index in [9.17, 15) is 14.7 Å². The first kappa shape index (κ1) is 16.6. The van der Waals surface area contributed by atoms with Crippen LogP contribution in [0.4, 0.5) is 0 Å². The summed E-state index contributed by atoms with van der Waals surface area (Å²) in [5.74, 6) is -0.505. The Balaban J connectivity index is 2.15. The van der Waals surface area contributed by atoms with Crippen molar-refractivity contribution < 1.29 is 19.4 Å². The monoisotopic (exact) mass is 326 g/mol. The Morgan fingerprint density at radius 2 is 2.23 bits per heavy atom. The number of nitrogens with zero attached hydrogens (tertiary/aromatic N) is 1. The maximum Gasteiger partial charge on any atom is 0.251 e. The number of hydrogen-bond acceptors (Lipinski definition) is 4. The number of methoxy groups -OCH3 is 1. The fourth-order valence-electron chi connectivity index (χ4n) is 2.61. The Hall–Kier alpha value is -1.79. The molecule has 0 spiro atoms. The standard InChI is InChI=1S/C15H19ClN2O4/c1-22-12-5-2-4-11(16)10(12)8-13(19)18-7-3-6-15(21,9-18)14(17)20/h2,4-5,21H,3,6-9H2,1H3,(H2,17,20). The number of aliphatic hydroxyl groups is 1. The molecule has 1 aliphatic heterocycles. The van der Waals surface area contributed by atoms with E-state index in [0.717, 1.165) is 0 Å². The molecule has 0 aliphatic carbocycles. The minimum atomic E-state index is -1.65.